The summed E-state index contributed by atoms with van der Waals surface area (Å²) >= 11 is 0. The van der Waals surface area contributed by atoms with E-state index in [0.29, 0.717) is 19.3 Å². The Morgan fingerprint density at radius 1 is 1.67 bits per heavy atom. The molecule has 1 heterocycles. The monoisotopic (exact) mass is 231 g/mol. The summed E-state index contributed by atoms with van der Waals surface area (Å²) in [5.41, 5.74) is 1.72. The molecule has 1 radical (unpaired) electrons. The maximum Gasteiger partial charge on any atom is 0.414 e. The number of ether oxygens (including phenoxy) is 2. The van der Waals surface area contributed by atoms with Gasteiger partial charge in [0.05, 0.1) is 25.9 Å². The van der Waals surface area contributed by atoms with E-state index in [1.807, 2.05) is 0 Å². The molecule has 0 bridgehead atoms. The van der Waals surface area contributed by atoms with Crippen molar-refractivity contribution in [2.75, 3.05) is 26.9 Å². The fourth-order valence-electron chi connectivity index (χ4n) is 1.07. The zero-order valence-corrected chi connectivity index (χ0v) is 10.4. The van der Waals surface area contributed by atoms with E-state index < -0.39 is 9.28 Å². The number of hydrogen-bond acceptors (Lipinski definition) is 4. The fraction of sp³-hybridized carbons (Fsp3) is 0.800. The van der Waals surface area contributed by atoms with Crippen molar-refractivity contribution in [2.45, 2.75) is 25.6 Å². The lowest BCUT2D eigenvalue weighted by Crippen LogP contribution is -2.27. The van der Waals surface area contributed by atoms with Gasteiger partial charge in [0, 0.05) is 7.11 Å². The van der Waals surface area contributed by atoms with Crippen LogP contribution in [0.25, 0.3) is 0 Å². The van der Waals surface area contributed by atoms with Gasteiger partial charge in [-0.3, -0.25) is 0 Å². The van der Waals surface area contributed by atoms with Crippen molar-refractivity contribution >= 4 is 9.28 Å². The van der Waals surface area contributed by atoms with E-state index in [0.717, 1.165) is 13.0 Å². The third-order valence-corrected chi connectivity index (χ3v) is 3.34. The quantitative estimate of drug-likeness (QED) is 0.439. The van der Waals surface area contributed by atoms with Gasteiger partial charge in [-0.1, -0.05) is 6.92 Å². The molecule has 0 aromatic rings. The molecule has 0 aromatic heterocycles. The molecule has 1 fully saturated rings. The molecule has 1 aliphatic heterocycles. The van der Waals surface area contributed by atoms with Crippen molar-refractivity contribution in [3.63, 3.8) is 0 Å². The summed E-state index contributed by atoms with van der Waals surface area (Å²) in [6.45, 7) is 7.80. The Bertz CT molecular complexity index is 184. The van der Waals surface area contributed by atoms with Gasteiger partial charge >= 0.3 is 9.28 Å². The molecule has 2 atom stereocenters. The highest BCUT2D eigenvalue weighted by Gasteiger charge is 2.24. The molecule has 0 aromatic carbocycles. The smallest absolute Gasteiger partial charge is 0.394 e. The molecule has 0 N–H and O–H groups in total. The minimum absolute atomic E-state index is 0.129. The summed E-state index contributed by atoms with van der Waals surface area (Å²) < 4.78 is 21.4. The van der Waals surface area contributed by atoms with Crippen molar-refractivity contribution in [2.24, 2.45) is 0 Å². The summed E-state index contributed by atoms with van der Waals surface area (Å²) in [5, 5.41) is 0. The molecule has 0 amide bonds. The minimum Gasteiger partial charge on any atom is -0.394 e. The van der Waals surface area contributed by atoms with Gasteiger partial charge in [-0.05, 0) is 12.1 Å². The van der Waals surface area contributed by atoms with E-state index >= 15 is 0 Å². The van der Waals surface area contributed by atoms with E-state index in [1.165, 1.54) is 0 Å². The van der Waals surface area contributed by atoms with Crippen LogP contribution in [0.4, 0.5) is 0 Å². The first-order valence-corrected chi connectivity index (χ1v) is 6.58. The Morgan fingerprint density at radius 2 is 2.40 bits per heavy atom. The highest BCUT2D eigenvalue weighted by Crippen LogP contribution is 2.11. The van der Waals surface area contributed by atoms with Crippen LogP contribution in [0.5, 0.6) is 0 Å². The Hall–Kier alpha value is -0.203. The topological polar surface area (TPSA) is 40.2 Å². The lowest BCUT2D eigenvalue weighted by Gasteiger charge is -2.17. The van der Waals surface area contributed by atoms with Crippen molar-refractivity contribution in [1.29, 1.82) is 0 Å². The normalized spacial score (nSPS) is 21.7. The first kappa shape index (κ1) is 12.9. The van der Waals surface area contributed by atoms with Crippen LogP contribution in [0.15, 0.2) is 12.3 Å². The predicted molar refractivity (Wildman–Crippen MR) is 58.7 cm³/mol. The van der Waals surface area contributed by atoms with Crippen LogP contribution in [-0.2, 0) is 18.3 Å². The molecule has 0 saturated carbocycles. The van der Waals surface area contributed by atoms with Gasteiger partial charge in [-0.15, -0.1) is 6.58 Å². The van der Waals surface area contributed by atoms with Crippen LogP contribution in [0.1, 0.15) is 13.3 Å². The molecular weight excluding hydrogens is 212 g/mol. The van der Waals surface area contributed by atoms with Gasteiger partial charge in [0.25, 0.3) is 0 Å². The average Bonchev–Trinajstić information content (AvgIpc) is 3.07. The minimum atomic E-state index is -1.30. The SMILES string of the molecule is C=C[Si](OC)OCC(CC)OCC1CO1. The maximum atomic E-state index is 5.63. The van der Waals surface area contributed by atoms with Gasteiger partial charge < -0.3 is 18.3 Å². The molecule has 0 aliphatic carbocycles. The zero-order valence-electron chi connectivity index (χ0n) is 9.40. The molecule has 1 saturated heterocycles. The third kappa shape index (κ3) is 5.43. The standard InChI is InChI=1S/C10H19O4Si/c1-4-9(12-6-10-7-13-10)8-14-15(5-2)11-3/h5,9-10H,2,4,6-8H2,1,3H3. The second-order valence-corrected chi connectivity index (χ2v) is 5.10. The molecule has 4 nitrogen and oxygen atoms in total. The van der Waals surface area contributed by atoms with Crippen molar-refractivity contribution in [3.05, 3.63) is 12.3 Å². The number of rotatable bonds is 9. The van der Waals surface area contributed by atoms with E-state index in [-0.39, 0.29) is 6.10 Å². The molecule has 15 heavy (non-hydrogen) atoms. The third-order valence-electron chi connectivity index (χ3n) is 2.15. The summed E-state index contributed by atoms with van der Waals surface area (Å²) in [5.74, 6) is 0. The lowest BCUT2D eigenvalue weighted by atomic mass is 10.3. The van der Waals surface area contributed by atoms with Crippen LogP contribution in [-0.4, -0.2) is 48.4 Å². The van der Waals surface area contributed by atoms with E-state index in [2.05, 4.69) is 13.5 Å². The largest absolute Gasteiger partial charge is 0.414 e. The van der Waals surface area contributed by atoms with Crippen molar-refractivity contribution in [1.82, 2.24) is 0 Å². The Balaban J connectivity index is 2.10. The molecule has 1 aliphatic rings. The first-order valence-electron chi connectivity index (χ1n) is 5.19. The van der Waals surface area contributed by atoms with Gasteiger partial charge in [-0.2, -0.15) is 0 Å². The van der Waals surface area contributed by atoms with Gasteiger partial charge in [-0.25, -0.2) is 0 Å². The highest BCUT2D eigenvalue weighted by molar-refractivity contribution is 6.50. The van der Waals surface area contributed by atoms with E-state index in [1.54, 1.807) is 12.8 Å². The van der Waals surface area contributed by atoms with Gasteiger partial charge in [0.15, 0.2) is 0 Å². The van der Waals surface area contributed by atoms with Crippen LogP contribution in [0.3, 0.4) is 0 Å². The molecular formula is C10H19O4Si. The Kier molecular flexibility index (Phi) is 6.12. The zero-order chi connectivity index (χ0) is 11.1. The second-order valence-electron chi connectivity index (χ2n) is 3.36. The summed E-state index contributed by atoms with van der Waals surface area (Å²) in [6.07, 6.45) is 1.37. The summed E-state index contributed by atoms with van der Waals surface area (Å²) in [6, 6.07) is 0. The van der Waals surface area contributed by atoms with E-state index in [9.17, 15) is 0 Å². The Labute approximate surface area is 93.0 Å². The predicted octanol–water partition coefficient (Wildman–Crippen LogP) is 1.06. The lowest BCUT2D eigenvalue weighted by molar-refractivity contribution is 0.00578. The van der Waals surface area contributed by atoms with Crippen molar-refractivity contribution in [3.8, 4) is 0 Å². The van der Waals surface area contributed by atoms with Crippen LogP contribution >= 0.6 is 0 Å². The van der Waals surface area contributed by atoms with E-state index in [4.69, 9.17) is 18.3 Å². The second kappa shape index (κ2) is 7.13. The number of epoxide rings is 1. The molecule has 5 heteroatoms. The highest BCUT2D eigenvalue weighted by atomic mass is 28.3. The molecule has 1 rings (SSSR count). The fourth-order valence-corrected chi connectivity index (χ4v) is 1.82. The van der Waals surface area contributed by atoms with Crippen LogP contribution in [0, 0.1) is 0 Å². The average molecular weight is 231 g/mol. The Morgan fingerprint density at radius 3 is 2.87 bits per heavy atom. The van der Waals surface area contributed by atoms with Crippen LogP contribution < -0.4 is 0 Å². The molecule has 0 spiro atoms. The van der Waals surface area contributed by atoms with Crippen LogP contribution in [0.2, 0.25) is 0 Å². The molecule has 87 valence electrons. The van der Waals surface area contributed by atoms with Gasteiger partial charge in [0.1, 0.15) is 6.10 Å². The number of hydrogen-bond donors (Lipinski definition) is 0. The summed E-state index contributed by atoms with van der Waals surface area (Å²) in [4.78, 5) is 0. The van der Waals surface area contributed by atoms with Gasteiger partial charge in [0.2, 0.25) is 0 Å². The van der Waals surface area contributed by atoms with Crippen molar-refractivity contribution < 1.29 is 18.3 Å². The maximum absolute atomic E-state index is 5.63. The first-order chi connectivity index (χ1) is 7.30. The molecule has 2 unspecified atom stereocenters. The summed E-state index contributed by atoms with van der Waals surface area (Å²) in [7, 11) is 0.337.